The lowest BCUT2D eigenvalue weighted by Gasteiger charge is -2.11. The van der Waals surface area contributed by atoms with Gasteiger partial charge in [-0.05, 0) is 61.9 Å². The van der Waals surface area contributed by atoms with Gasteiger partial charge in [-0.25, -0.2) is 9.38 Å². The fourth-order valence-corrected chi connectivity index (χ4v) is 5.11. The number of aromatic nitrogens is 3. The summed E-state index contributed by atoms with van der Waals surface area (Å²) in [6, 6.07) is 15.5. The molecule has 0 saturated heterocycles. The highest BCUT2D eigenvalue weighted by atomic mass is 35.5. The molecule has 0 aliphatic rings. The zero-order valence-corrected chi connectivity index (χ0v) is 18.2. The summed E-state index contributed by atoms with van der Waals surface area (Å²) in [7, 11) is 1.60. The zero-order valence-electron chi connectivity index (χ0n) is 16.6. The topological polar surface area (TPSA) is 48.5 Å². The van der Waals surface area contributed by atoms with Crippen molar-refractivity contribution in [2.45, 2.75) is 13.8 Å². The van der Waals surface area contributed by atoms with Crippen LogP contribution in [0, 0.1) is 13.8 Å². The van der Waals surface area contributed by atoms with Crippen LogP contribution in [0.25, 0.3) is 27.8 Å². The molecule has 30 heavy (non-hydrogen) atoms. The molecular weight excluding hydrogens is 418 g/mol. The smallest absolute Gasteiger partial charge is 0.274 e. The van der Waals surface area contributed by atoms with E-state index in [2.05, 4.69) is 15.6 Å². The number of fused-ring (bicyclic) bond motifs is 3. The normalized spacial score (nSPS) is 12.3. The van der Waals surface area contributed by atoms with Crippen LogP contribution in [-0.2, 0) is 0 Å². The third kappa shape index (κ3) is 2.83. The van der Waals surface area contributed by atoms with Crippen LogP contribution in [0.3, 0.4) is 0 Å². The molecule has 0 fully saturated rings. The fraction of sp³-hybridized carbons (Fsp3) is 0.130. The number of hydrogen-bond acceptors (Lipinski definition) is 4. The van der Waals surface area contributed by atoms with Crippen LogP contribution >= 0.6 is 22.9 Å². The largest absolute Gasteiger partial charge is 0.495 e. The maximum atomic E-state index is 13.1. The second kappa shape index (κ2) is 7.00. The van der Waals surface area contributed by atoms with Crippen molar-refractivity contribution in [3.05, 3.63) is 85.4 Å². The molecule has 0 amide bonds. The second-order valence-electron chi connectivity index (χ2n) is 7.12. The Morgan fingerprint density at radius 3 is 2.70 bits per heavy atom. The van der Waals surface area contributed by atoms with Crippen LogP contribution < -0.4 is 14.8 Å². The highest BCUT2D eigenvalue weighted by molar-refractivity contribution is 7.15. The Morgan fingerprint density at radius 2 is 1.93 bits per heavy atom. The van der Waals surface area contributed by atoms with Crippen LogP contribution in [0.1, 0.15) is 17.0 Å². The van der Waals surface area contributed by atoms with E-state index >= 15 is 0 Å². The van der Waals surface area contributed by atoms with Gasteiger partial charge in [0, 0.05) is 17.1 Å². The summed E-state index contributed by atoms with van der Waals surface area (Å²) >= 11 is 7.73. The molecule has 0 bridgehead atoms. The minimum absolute atomic E-state index is 0.0407. The van der Waals surface area contributed by atoms with Crippen molar-refractivity contribution in [3.8, 4) is 11.4 Å². The minimum atomic E-state index is -0.0407. The van der Waals surface area contributed by atoms with Gasteiger partial charge >= 0.3 is 0 Å². The fourth-order valence-electron chi connectivity index (χ4n) is 3.88. The summed E-state index contributed by atoms with van der Waals surface area (Å²) in [6.07, 6.45) is 1.94. The predicted octanol–water partition coefficient (Wildman–Crippen LogP) is 4.53. The number of methoxy groups -OCH3 is 1. The van der Waals surface area contributed by atoms with Crippen LogP contribution in [-0.4, -0.2) is 21.1 Å². The number of imidazole rings is 1. The van der Waals surface area contributed by atoms with Crippen LogP contribution in [0.5, 0.6) is 5.75 Å². The zero-order chi connectivity index (χ0) is 21.0. The number of para-hydroxylation sites is 2. The lowest BCUT2D eigenvalue weighted by molar-refractivity contribution is 0.415. The Hall–Kier alpha value is -3.09. The number of aryl methyl sites for hydroxylation is 1. The van der Waals surface area contributed by atoms with E-state index in [9.17, 15) is 4.79 Å². The summed E-state index contributed by atoms with van der Waals surface area (Å²) in [5.41, 5.74) is 5.66. The molecule has 5 nitrogen and oxygen atoms in total. The monoisotopic (exact) mass is 435 g/mol. The van der Waals surface area contributed by atoms with Crippen molar-refractivity contribution in [1.29, 1.82) is 0 Å². The van der Waals surface area contributed by atoms with Gasteiger partial charge < -0.3 is 9.30 Å². The molecule has 150 valence electrons. The molecule has 0 aliphatic carbocycles. The van der Waals surface area contributed by atoms with Crippen molar-refractivity contribution >= 4 is 45.0 Å². The van der Waals surface area contributed by atoms with Gasteiger partial charge in [-0.3, -0.25) is 4.79 Å². The van der Waals surface area contributed by atoms with E-state index in [-0.39, 0.29) is 5.56 Å². The maximum Gasteiger partial charge on any atom is 0.274 e. The van der Waals surface area contributed by atoms with Crippen molar-refractivity contribution in [1.82, 2.24) is 14.0 Å². The van der Waals surface area contributed by atoms with Gasteiger partial charge in [0.05, 0.1) is 27.7 Å². The first-order valence-corrected chi connectivity index (χ1v) is 10.6. The number of hydrogen-bond donors (Lipinski definition) is 0. The average molecular weight is 436 g/mol. The third-order valence-electron chi connectivity index (χ3n) is 5.30. The van der Waals surface area contributed by atoms with Gasteiger partial charge in [-0.2, -0.15) is 0 Å². The lowest BCUT2D eigenvalue weighted by Crippen LogP contribution is -2.22. The summed E-state index contributed by atoms with van der Waals surface area (Å²) in [5.74, 6) is 0.639. The lowest BCUT2D eigenvalue weighted by atomic mass is 10.2. The van der Waals surface area contributed by atoms with Crippen LogP contribution in [0.2, 0.25) is 5.02 Å². The third-order valence-corrected chi connectivity index (χ3v) is 6.56. The standard InChI is InChI=1S/C23H18ClN3O2S/c1-13-10-15(14(2)26(13)16-8-9-20(29-3)17(24)12-16)11-21-22(28)27-19-7-5-4-6-18(19)25-23(27)30-21/h4-12H,1-3H3. The predicted molar refractivity (Wildman–Crippen MR) is 122 cm³/mol. The highest BCUT2D eigenvalue weighted by Gasteiger charge is 2.14. The summed E-state index contributed by atoms with van der Waals surface area (Å²) in [6.45, 7) is 4.07. The first-order chi connectivity index (χ1) is 14.5. The first-order valence-electron chi connectivity index (χ1n) is 9.42. The Morgan fingerprint density at radius 1 is 1.13 bits per heavy atom. The van der Waals surface area contributed by atoms with Gasteiger partial charge in [0.2, 0.25) is 0 Å². The number of rotatable bonds is 3. The molecule has 0 spiro atoms. The summed E-state index contributed by atoms with van der Waals surface area (Å²) in [5, 5.41) is 0.557. The van der Waals surface area contributed by atoms with Gasteiger partial charge in [-0.15, -0.1) is 0 Å². The number of benzene rings is 2. The van der Waals surface area contributed by atoms with Crippen molar-refractivity contribution < 1.29 is 4.74 Å². The SMILES string of the molecule is COc1ccc(-n2c(C)cc(C=c3sc4nc5ccccc5n4c3=O)c2C)cc1Cl. The van der Waals surface area contributed by atoms with Gasteiger partial charge in [-0.1, -0.05) is 35.1 Å². The van der Waals surface area contributed by atoms with E-state index in [1.165, 1.54) is 11.3 Å². The quantitative estimate of drug-likeness (QED) is 0.418. The van der Waals surface area contributed by atoms with E-state index in [0.717, 1.165) is 33.7 Å². The minimum Gasteiger partial charge on any atom is -0.495 e. The van der Waals surface area contributed by atoms with E-state index in [4.69, 9.17) is 16.3 Å². The Labute approximate surface area is 181 Å². The van der Waals surface area contributed by atoms with Crippen LogP contribution in [0.15, 0.2) is 53.3 Å². The molecule has 0 saturated carbocycles. The molecule has 2 aromatic carbocycles. The molecule has 0 radical (unpaired) electrons. The van der Waals surface area contributed by atoms with Crippen molar-refractivity contribution in [2.75, 3.05) is 7.11 Å². The van der Waals surface area contributed by atoms with Gasteiger partial charge in [0.25, 0.3) is 5.56 Å². The molecule has 7 heteroatoms. The second-order valence-corrected chi connectivity index (χ2v) is 8.53. The summed E-state index contributed by atoms with van der Waals surface area (Å²) in [4.78, 5) is 18.4. The van der Waals surface area contributed by atoms with Gasteiger partial charge in [0.1, 0.15) is 5.75 Å². The van der Waals surface area contributed by atoms with E-state index in [1.54, 1.807) is 11.5 Å². The van der Waals surface area contributed by atoms with Crippen molar-refractivity contribution in [3.63, 3.8) is 0 Å². The highest BCUT2D eigenvalue weighted by Crippen LogP contribution is 2.29. The number of halogens is 1. The number of ether oxygens (including phenoxy) is 1. The molecule has 3 heterocycles. The Balaban J connectivity index is 1.67. The molecule has 5 rings (SSSR count). The van der Waals surface area contributed by atoms with Gasteiger partial charge in [0.15, 0.2) is 4.96 Å². The number of thiazole rings is 1. The Bertz CT molecular complexity index is 1540. The van der Waals surface area contributed by atoms with Crippen molar-refractivity contribution in [2.24, 2.45) is 0 Å². The Kier molecular flexibility index (Phi) is 4.41. The first kappa shape index (κ1) is 18.9. The van der Waals surface area contributed by atoms with Crippen LogP contribution in [0.4, 0.5) is 0 Å². The average Bonchev–Trinajstić information content (AvgIpc) is 3.33. The summed E-state index contributed by atoms with van der Waals surface area (Å²) < 4.78 is 9.73. The van der Waals surface area contributed by atoms with E-state index in [1.807, 2.05) is 62.4 Å². The molecule has 0 atom stereocenters. The number of nitrogens with zero attached hydrogens (tertiary/aromatic N) is 3. The molecular formula is C23H18ClN3O2S. The van der Waals surface area contributed by atoms with E-state index < -0.39 is 0 Å². The van der Waals surface area contributed by atoms with E-state index in [0.29, 0.717) is 20.3 Å². The molecule has 0 N–H and O–H groups in total. The molecule has 0 aliphatic heterocycles. The molecule has 3 aromatic heterocycles. The maximum absolute atomic E-state index is 13.1. The molecule has 0 unspecified atom stereocenters. The molecule has 5 aromatic rings.